The predicted molar refractivity (Wildman–Crippen MR) is 139 cm³/mol. The molecule has 0 radical (unpaired) electrons. The lowest BCUT2D eigenvalue weighted by Crippen LogP contribution is -2.33. The van der Waals surface area contributed by atoms with Gasteiger partial charge in [0.05, 0.1) is 18.1 Å². The minimum atomic E-state index is -0.523. The summed E-state index contributed by atoms with van der Waals surface area (Å²) in [6.45, 7) is 2.13. The number of rotatable bonds is 9. The van der Waals surface area contributed by atoms with Gasteiger partial charge in [0.2, 0.25) is 0 Å². The molecule has 1 aliphatic rings. The van der Waals surface area contributed by atoms with E-state index in [9.17, 15) is 18.8 Å². The Labute approximate surface area is 220 Å². The van der Waals surface area contributed by atoms with E-state index in [4.69, 9.17) is 9.47 Å². The normalized spacial score (nSPS) is 14.4. The van der Waals surface area contributed by atoms with Crippen molar-refractivity contribution in [3.63, 3.8) is 0 Å². The maximum atomic E-state index is 13.1. The molecule has 1 aliphatic heterocycles. The van der Waals surface area contributed by atoms with Gasteiger partial charge in [-0.05, 0) is 72.3 Å². The van der Waals surface area contributed by atoms with Gasteiger partial charge in [0, 0.05) is 10.0 Å². The number of hydrogen-bond donors (Lipinski definition) is 0. The van der Waals surface area contributed by atoms with Crippen LogP contribution in [0.2, 0.25) is 0 Å². The average molecular weight is 570 g/mol. The summed E-state index contributed by atoms with van der Waals surface area (Å²) in [4.78, 5) is 39.1. The highest BCUT2D eigenvalue weighted by atomic mass is 79.9. The first-order chi connectivity index (χ1) is 17.3. The largest absolute Gasteiger partial charge is 0.490 e. The zero-order valence-electron chi connectivity index (χ0n) is 19.2. The Balaban J connectivity index is 1.48. The standard InChI is InChI=1S/C27H21BrFNO5S/c1-2-34-24-13-18(5-12-23(24)35-16-17-3-10-21(29)11-4-17)14-25-26(32)30(27(33)36-25)15-22(31)19-6-8-20(28)9-7-19/h3-14H,2,15-16H2,1H3/b25-14-. The summed E-state index contributed by atoms with van der Waals surface area (Å²) < 4.78 is 25.5. The summed E-state index contributed by atoms with van der Waals surface area (Å²) in [6, 6.07) is 17.9. The molecule has 3 aromatic carbocycles. The number of nitrogens with zero attached hydrogens (tertiary/aromatic N) is 1. The maximum Gasteiger partial charge on any atom is 0.293 e. The van der Waals surface area contributed by atoms with E-state index in [1.54, 1.807) is 60.7 Å². The molecule has 36 heavy (non-hydrogen) atoms. The quantitative estimate of drug-likeness (QED) is 0.217. The number of carbonyl (C=O) groups is 3. The van der Waals surface area contributed by atoms with Crippen molar-refractivity contribution in [2.45, 2.75) is 13.5 Å². The number of halogens is 2. The van der Waals surface area contributed by atoms with Crippen LogP contribution in [0.1, 0.15) is 28.4 Å². The van der Waals surface area contributed by atoms with Crippen LogP contribution in [0.3, 0.4) is 0 Å². The summed E-state index contributed by atoms with van der Waals surface area (Å²) in [5, 5.41) is -0.499. The topological polar surface area (TPSA) is 72.9 Å². The Hall–Kier alpha value is -3.43. The molecular formula is C27H21BrFNO5S. The van der Waals surface area contributed by atoms with Gasteiger partial charge in [-0.3, -0.25) is 19.3 Å². The van der Waals surface area contributed by atoms with Crippen LogP contribution in [0.4, 0.5) is 9.18 Å². The molecular weight excluding hydrogens is 549 g/mol. The molecule has 0 aliphatic carbocycles. The zero-order valence-corrected chi connectivity index (χ0v) is 21.6. The lowest BCUT2D eigenvalue weighted by Gasteiger charge is -2.13. The number of ether oxygens (including phenoxy) is 2. The van der Waals surface area contributed by atoms with E-state index in [0.717, 1.165) is 26.7 Å². The van der Waals surface area contributed by atoms with Crippen molar-refractivity contribution in [2.24, 2.45) is 0 Å². The number of ketones is 1. The van der Waals surface area contributed by atoms with E-state index in [-0.39, 0.29) is 29.7 Å². The summed E-state index contributed by atoms with van der Waals surface area (Å²) in [5.74, 6) is -0.206. The molecule has 1 fully saturated rings. The Kier molecular flexibility index (Phi) is 8.22. The second kappa shape index (κ2) is 11.5. The number of amides is 2. The maximum absolute atomic E-state index is 13.1. The highest BCUT2D eigenvalue weighted by molar-refractivity contribution is 9.10. The van der Waals surface area contributed by atoms with Crippen molar-refractivity contribution in [1.82, 2.24) is 4.90 Å². The molecule has 4 rings (SSSR count). The fraction of sp³-hybridized carbons (Fsp3) is 0.148. The van der Waals surface area contributed by atoms with Crippen LogP contribution >= 0.6 is 27.7 Å². The molecule has 2 amide bonds. The van der Waals surface area contributed by atoms with Gasteiger partial charge in [-0.25, -0.2) is 4.39 Å². The molecule has 0 aromatic heterocycles. The Morgan fingerprint density at radius 3 is 2.42 bits per heavy atom. The van der Waals surface area contributed by atoms with Crippen LogP contribution in [-0.2, 0) is 11.4 Å². The highest BCUT2D eigenvalue weighted by Gasteiger charge is 2.36. The molecule has 1 heterocycles. The van der Waals surface area contributed by atoms with Crippen molar-refractivity contribution in [3.05, 3.63) is 98.6 Å². The van der Waals surface area contributed by atoms with Crippen LogP contribution in [0.5, 0.6) is 11.5 Å². The lowest BCUT2D eigenvalue weighted by atomic mass is 10.1. The summed E-state index contributed by atoms with van der Waals surface area (Å²) in [5.41, 5.74) is 1.85. The summed E-state index contributed by atoms with van der Waals surface area (Å²) in [6.07, 6.45) is 1.58. The molecule has 1 saturated heterocycles. The van der Waals surface area contributed by atoms with E-state index in [1.165, 1.54) is 12.1 Å². The van der Waals surface area contributed by atoms with Crippen LogP contribution in [0.15, 0.2) is 76.1 Å². The molecule has 3 aromatic rings. The number of hydrogen-bond acceptors (Lipinski definition) is 6. The first kappa shape index (κ1) is 25.7. The first-order valence-corrected chi connectivity index (χ1v) is 12.6. The van der Waals surface area contributed by atoms with Gasteiger partial charge in [-0.15, -0.1) is 0 Å². The SMILES string of the molecule is CCOc1cc(/C=C2\SC(=O)N(CC(=O)c3ccc(Br)cc3)C2=O)ccc1OCc1ccc(F)cc1. The fourth-order valence-electron chi connectivity index (χ4n) is 3.40. The molecule has 184 valence electrons. The molecule has 0 spiro atoms. The van der Waals surface area contributed by atoms with Gasteiger partial charge < -0.3 is 9.47 Å². The number of Topliss-reactive ketones (excluding diaryl/α,β-unsaturated/α-hetero) is 1. The molecule has 0 atom stereocenters. The second-order valence-corrected chi connectivity index (χ2v) is 9.66. The van der Waals surface area contributed by atoms with Crippen molar-refractivity contribution >= 4 is 50.7 Å². The van der Waals surface area contributed by atoms with Crippen LogP contribution in [-0.4, -0.2) is 35.0 Å². The highest BCUT2D eigenvalue weighted by Crippen LogP contribution is 2.35. The minimum Gasteiger partial charge on any atom is -0.490 e. The number of imide groups is 1. The van der Waals surface area contributed by atoms with Crippen molar-refractivity contribution in [3.8, 4) is 11.5 Å². The van der Waals surface area contributed by atoms with Gasteiger partial charge in [-0.1, -0.05) is 46.3 Å². The Morgan fingerprint density at radius 1 is 1.00 bits per heavy atom. The Morgan fingerprint density at radius 2 is 1.72 bits per heavy atom. The van der Waals surface area contributed by atoms with E-state index in [0.29, 0.717) is 29.2 Å². The first-order valence-electron chi connectivity index (χ1n) is 11.0. The second-order valence-electron chi connectivity index (χ2n) is 7.75. The number of thioether (sulfide) groups is 1. The third-order valence-electron chi connectivity index (χ3n) is 5.21. The van der Waals surface area contributed by atoms with Gasteiger partial charge in [0.1, 0.15) is 12.4 Å². The van der Waals surface area contributed by atoms with Crippen molar-refractivity contribution in [1.29, 1.82) is 0 Å². The van der Waals surface area contributed by atoms with Crippen molar-refractivity contribution < 1.29 is 28.2 Å². The fourth-order valence-corrected chi connectivity index (χ4v) is 4.50. The Bertz CT molecular complexity index is 1320. The smallest absolute Gasteiger partial charge is 0.293 e. The van der Waals surface area contributed by atoms with E-state index < -0.39 is 11.1 Å². The van der Waals surface area contributed by atoms with Crippen LogP contribution in [0, 0.1) is 5.82 Å². The molecule has 0 saturated carbocycles. The third-order valence-corrected chi connectivity index (χ3v) is 6.65. The summed E-state index contributed by atoms with van der Waals surface area (Å²) in [7, 11) is 0. The molecule has 0 unspecified atom stereocenters. The zero-order chi connectivity index (χ0) is 25.7. The molecule has 9 heteroatoms. The van der Waals surface area contributed by atoms with Gasteiger partial charge in [0.25, 0.3) is 11.1 Å². The van der Waals surface area contributed by atoms with Crippen LogP contribution < -0.4 is 9.47 Å². The van der Waals surface area contributed by atoms with E-state index >= 15 is 0 Å². The molecule has 6 nitrogen and oxygen atoms in total. The molecule has 0 bridgehead atoms. The minimum absolute atomic E-state index is 0.214. The predicted octanol–water partition coefficient (Wildman–Crippen LogP) is 6.49. The number of benzene rings is 3. The average Bonchev–Trinajstić information content (AvgIpc) is 3.12. The number of carbonyl (C=O) groups excluding carboxylic acids is 3. The monoisotopic (exact) mass is 569 g/mol. The van der Waals surface area contributed by atoms with Gasteiger partial charge in [-0.2, -0.15) is 0 Å². The van der Waals surface area contributed by atoms with E-state index in [2.05, 4.69) is 15.9 Å². The van der Waals surface area contributed by atoms with Gasteiger partial charge in [0.15, 0.2) is 17.3 Å². The van der Waals surface area contributed by atoms with Crippen molar-refractivity contribution in [2.75, 3.05) is 13.2 Å². The molecule has 0 N–H and O–H groups in total. The van der Waals surface area contributed by atoms with Crippen LogP contribution in [0.25, 0.3) is 6.08 Å². The summed E-state index contributed by atoms with van der Waals surface area (Å²) >= 11 is 4.10. The van der Waals surface area contributed by atoms with Gasteiger partial charge >= 0.3 is 0 Å². The third kappa shape index (κ3) is 6.22. The van der Waals surface area contributed by atoms with E-state index in [1.807, 2.05) is 6.92 Å². The lowest BCUT2D eigenvalue weighted by molar-refractivity contribution is -0.122.